The minimum Gasteiger partial charge on any atom is -0.491 e. The first kappa shape index (κ1) is 31.9. The first-order valence-electron chi connectivity index (χ1n) is 14.8. The van der Waals surface area contributed by atoms with Crippen molar-refractivity contribution in [1.29, 1.82) is 0 Å². The van der Waals surface area contributed by atoms with Crippen LogP contribution < -0.4 is 9.47 Å². The van der Waals surface area contributed by atoms with E-state index in [-0.39, 0.29) is 5.56 Å². The summed E-state index contributed by atoms with van der Waals surface area (Å²) in [5.41, 5.74) is 1.94. The van der Waals surface area contributed by atoms with Gasteiger partial charge >= 0.3 is 5.97 Å². The van der Waals surface area contributed by atoms with Crippen molar-refractivity contribution in [2.45, 2.75) is 6.92 Å². The van der Waals surface area contributed by atoms with Crippen molar-refractivity contribution in [2.24, 2.45) is 0 Å². The van der Waals surface area contributed by atoms with E-state index in [0.717, 1.165) is 33.2 Å². The predicted octanol–water partition coefficient (Wildman–Crippen LogP) is 5.10. The number of benzene rings is 2. The summed E-state index contributed by atoms with van der Waals surface area (Å²) in [5.74, 6) is 1.27. The van der Waals surface area contributed by atoms with Crippen molar-refractivity contribution in [3.05, 3.63) is 90.5 Å². The van der Waals surface area contributed by atoms with Gasteiger partial charge < -0.3 is 33.5 Å². The Balaban J connectivity index is 0.859. The van der Waals surface area contributed by atoms with Gasteiger partial charge in [-0.2, -0.15) is 0 Å². The van der Waals surface area contributed by atoms with Crippen LogP contribution in [0.4, 0.5) is 0 Å². The number of pyridine rings is 2. The first-order chi connectivity index (χ1) is 22.1. The molecule has 0 aliphatic heterocycles. The minimum atomic E-state index is -0.949. The highest BCUT2D eigenvalue weighted by molar-refractivity contribution is 5.89. The SMILES string of the molecule is Cc1cc(OCCOCCOCCOCCOCCOc2ccc3cc(-n4ccc5ccncc54)ncc3c2)ccc1C(=O)O. The van der Waals surface area contributed by atoms with Crippen LogP contribution in [0, 0.1) is 6.92 Å². The molecule has 0 unspecified atom stereocenters. The number of hydrogen-bond acceptors (Lipinski definition) is 9. The monoisotopic (exact) mass is 615 g/mol. The smallest absolute Gasteiger partial charge is 0.335 e. The van der Waals surface area contributed by atoms with Crippen LogP contribution in [0.1, 0.15) is 15.9 Å². The van der Waals surface area contributed by atoms with E-state index >= 15 is 0 Å². The van der Waals surface area contributed by atoms with Crippen LogP contribution in [0.25, 0.3) is 27.5 Å². The van der Waals surface area contributed by atoms with Gasteiger partial charge in [0.25, 0.3) is 0 Å². The fourth-order valence-corrected chi connectivity index (χ4v) is 4.67. The average Bonchev–Trinajstić information content (AvgIpc) is 3.48. The standard InChI is InChI=1S/C34H37N3O8/c1-25-20-29(4-5-31(25)34(38)39)44-18-16-42-14-12-40-10-11-41-13-15-43-17-19-45-30-3-2-27-22-33(36-23-28(27)21-30)37-9-7-26-6-8-35-24-32(26)37/h2-9,20-24H,10-19H2,1H3,(H,38,39). The second kappa shape index (κ2) is 16.5. The Bertz CT molecular complexity index is 1690. The zero-order chi connectivity index (χ0) is 31.3. The number of fused-ring (bicyclic) bond motifs is 2. The van der Waals surface area contributed by atoms with Gasteiger partial charge in [-0.25, -0.2) is 9.78 Å². The number of nitrogens with zero attached hydrogens (tertiary/aromatic N) is 3. The number of carbonyl (C=O) groups is 1. The van der Waals surface area contributed by atoms with E-state index in [1.165, 1.54) is 6.07 Å². The van der Waals surface area contributed by atoms with Crippen molar-refractivity contribution in [3.63, 3.8) is 0 Å². The van der Waals surface area contributed by atoms with Gasteiger partial charge in [0.2, 0.25) is 0 Å². The zero-order valence-corrected chi connectivity index (χ0v) is 25.2. The summed E-state index contributed by atoms with van der Waals surface area (Å²) < 4.78 is 35.6. The fraction of sp³-hybridized carbons (Fsp3) is 0.324. The molecule has 3 aromatic heterocycles. The molecule has 5 rings (SSSR count). The number of aryl methyl sites for hydroxylation is 1. The normalized spacial score (nSPS) is 11.3. The number of aromatic nitrogens is 3. The Hall–Kier alpha value is -4.55. The largest absolute Gasteiger partial charge is 0.491 e. The van der Waals surface area contributed by atoms with Crippen LogP contribution in [0.15, 0.2) is 79.4 Å². The van der Waals surface area contributed by atoms with Gasteiger partial charge in [0.1, 0.15) is 30.5 Å². The van der Waals surface area contributed by atoms with Crippen molar-refractivity contribution in [1.82, 2.24) is 14.5 Å². The van der Waals surface area contributed by atoms with Gasteiger partial charge in [-0.05, 0) is 66.4 Å². The molecule has 11 heteroatoms. The van der Waals surface area contributed by atoms with Gasteiger partial charge in [0, 0.05) is 29.4 Å². The summed E-state index contributed by atoms with van der Waals surface area (Å²) in [4.78, 5) is 19.9. The number of rotatable bonds is 19. The Morgan fingerprint density at radius 1 is 0.689 bits per heavy atom. The van der Waals surface area contributed by atoms with Gasteiger partial charge in [0.15, 0.2) is 0 Å². The number of carboxylic acids is 1. The molecule has 5 aromatic rings. The maximum Gasteiger partial charge on any atom is 0.335 e. The molecule has 45 heavy (non-hydrogen) atoms. The van der Waals surface area contributed by atoms with Crippen LogP contribution in [0.2, 0.25) is 0 Å². The van der Waals surface area contributed by atoms with Gasteiger partial charge in [-0.3, -0.25) is 9.55 Å². The third kappa shape index (κ3) is 9.22. The molecule has 3 heterocycles. The number of carboxylic acid groups (broad SMARTS) is 1. The van der Waals surface area contributed by atoms with E-state index in [1.54, 1.807) is 25.3 Å². The van der Waals surface area contributed by atoms with Crippen LogP contribution in [0.5, 0.6) is 11.5 Å². The van der Waals surface area contributed by atoms with E-state index in [0.29, 0.717) is 77.4 Å². The van der Waals surface area contributed by atoms with Crippen LogP contribution in [-0.2, 0) is 18.9 Å². The van der Waals surface area contributed by atoms with Crippen molar-refractivity contribution in [2.75, 3.05) is 66.1 Å². The molecule has 0 fully saturated rings. The lowest BCUT2D eigenvalue weighted by molar-refractivity contribution is -0.00698. The third-order valence-corrected chi connectivity index (χ3v) is 6.96. The highest BCUT2D eigenvalue weighted by Gasteiger charge is 2.08. The van der Waals surface area contributed by atoms with Crippen LogP contribution in [-0.4, -0.2) is 91.7 Å². The molecule has 1 N–H and O–H groups in total. The lowest BCUT2D eigenvalue weighted by atomic mass is 10.1. The average molecular weight is 616 g/mol. The van der Waals surface area contributed by atoms with Crippen LogP contribution >= 0.6 is 0 Å². The summed E-state index contributed by atoms with van der Waals surface area (Å²) in [7, 11) is 0. The second-order valence-electron chi connectivity index (χ2n) is 10.1. The van der Waals surface area contributed by atoms with Gasteiger partial charge in [-0.15, -0.1) is 0 Å². The molecule has 0 aliphatic rings. The lowest BCUT2D eigenvalue weighted by Gasteiger charge is -2.10. The molecule has 0 aliphatic carbocycles. The molecule has 2 aromatic carbocycles. The Morgan fingerprint density at radius 3 is 1.96 bits per heavy atom. The molecule has 0 radical (unpaired) electrons. The molecule has 236 valence electrons. The van der Waals surface area contributed by atoms with Gasteiger partial charge in [-0.1, -0.05) is 6.07 Å². The van der Waals surface area contributed by atoms with E-state index in [9.17, 15) is 4.79 Å². The molecule has 0 spiro atoms. The molecule has 0 bridgehead atoms. The maximum atomic E-state index is 11.1. The third-order valence-electron chi connectivity index (χ3n) is 6.96. The summed E-state index contributed by atoms with van der Waals surface area (Å²) in [6.45, 7) is 6.19. The minimum absolute atomic E-state index is 0.268. The Kier molecular flexibility index (Phi) is 11.7. The molecule has 11 nitrogen and oxygen atoms in total. The van der Waals surface area contributed by atoms with E-state index in [1.807, 2.05) is 47.4 Å². The van der Waals surface area contributed by atoms with E-state index in [4.69, 9.17) is 33.5 Å². The first-order valence-corrected chi connectivity index (χ1v) is 14.8. The van der Waals surface area contributed by atoms with E-state index < -0.39 is 5.97 Å². The Labute approximate surface area is 261 Å². The zero-order valence-electron chi connectivity index (χ0n) is 25.2. The number of aromatic carboxylic acids is 1. The highest BCUT2D eigenvalue weighted by Crippen LogP contribution is 2.24. The summed E-state index contributed by atoms with van der Waals surface area (Å²) in [6.07, 6.45) is 7.49. The molecular weight excluding hydrogens is 578 g/mol. The highest BCUT2D eigenvalue weighted by atomic mass is 16.6. The lowest BCUT2D eigenvalue weighted by Crippen LogP contribution is -2.14. The van der Waals surface area contributed by atoms with Crippen molar-refractivity contribution >= 4 is 27.6 Å². The molecule has 0 amide bonds. The van der Waals surface area contributed by atoms with Crippen molar-refractivity contribution in [3.8, 4) is 17.3 Å². The molecule has 0 atom stereocenters. The second-order valence-corrected chi connectivity index (χ2v) is 10.1. The summed E-state index contributed by atoms with van der Waals surface area (Å²) in [6, 6.07) is 16.9. The van der Waals surface area contributed by atoms with Crippen LogP contribution in [0.3, 0.4) is 0 Å². The number of hydrogen-bond donors (Lipinski definition) is 1. The fourth-order valence-electron chi connectivity index (χ4n) is 4.67. The van der Waals surface area contributed by atoms with Crippen molar-refractivity contribution < 1.29 is 38.3 Å². The quantitative estimate of drug-likeness (QED) is 0.125. The molecule has 0 saturated carbocycles. The maximum absolute atomic E-state index is 11.1. The topological polar surface area (TPSA) is 123 Å². The Morgan fingerprint density at radius 2 is 1.31 bits per heavy atom. The van der Waals surface area contributed by atoms with Gasteiger partial charge in [0.05, 0.1) is 70.1 Å². The summed E-state index contributed by atoms with van der Waals surface area (Å²) in [5, 5.41) is 12.3. The summed E-state index contributed by atoms with van der Waals surface area (Å²) >= 11 is 0. The number of ether oxygens (including phenoxy) is 6. The predicted molar refractivity (Wildman–Crippen MR) is 169 cm³/mol. The molecule has 0 saturated heterocycles. The van der Waals surface area contributed by atoms with E-state index in [2.05, 4.69) is 22.1 Å². The molecular formula is C34H37N3O8.